The van der Waals surface area contributed by atoms with Crippen LogP contribution in [0.4, 0.5) is 0 Å². The lowest BCUT2D eigenvalue weighted by atomic mass is 9.93. The van der Waals surface area contributed by atoms with E-state index in [-0.39, 0.29) is 35.0 Å². The molecule has 0 saturated carbocycles. The monoisotopic (exact) mass is 582 g/mol. The topological polar surface area (TPSA) is 196 Å². The number of carbonyl (C=O) groups is 1. The van der Waals surface area contributed by atoms with Gasteiger partial charge in [0.2, 0.25) is 0 Å². The van der Waals surface area contributed by atoms with Gasteiger partial charge in [-0.15, -0.1) is 0 Å². The van der Waals surface area contributed by atoms with Crippen molar-refractivity contribution < 1.29 is 59.5 Å². The van der Waals surface area contributed by atoms with Crippen LogP contribution in [0.15, 0.2) is 66.7 Å². The van der Waals surface area contributed by atoms with Crippen LogP contribution in [-0.4, -0.2) is 85.1 Å². The summed E-state index contributed by atoms with van der Waals surface area (Å²) in [6, 6.07) is 15.4. The van der Waals surface area contributed by atoms with Gasteiger partial charge >= 0.3 is 5.97 Å². The fraction of sp³-hybridized carbons (Fsp3) is 0.300. The number of phenols is 4. The summed E-state index contributed by atoms with van der Waals surface area (Å²) in [6.07, 6.45) is -7.21. The highest BCUT2D eigenvalue weighted by Crippen LogP contribution is 2.44. The highest BCUT2D eigenvalue weighted by atomic mass is 16.7. The summed E-state index contributed by atoms with van der Waals surface area (Å²) in [4.78, 5) is 12.2. The number of aliphatic hydroxyl groups excluding tert-OH is 3. The van der Waals surface area contributed by atoms with Crippen molar-refractivity contribution in [2.45, 2.75) is 49.3 Å². The van der Waals surface area contributed by atoms with Gasteiger partial charge in [-0.2, -0.15) is 0 Å². The summed E-state index contributed by atoms with van der Waals surface area (Å²) in [7, 11) is 0. The molecule has 12 nitrogen and oxygen atoms in total. The minimum atomic E-state index is -1.73. The first kappa shape index (κ1) is 29.2. The molecule has 3 aromatic carbocycles. The van der Waals surface area contributed by atoms with Gasteiger partial charge in [0.15, 0.2) is 23.9 Å². The molecule has 0 amide bonds. The van der Waals surface area contributed by atoms with Crippen LogP contribution < -0.4 is 4.74 Å². The van der Waals surface area contributed by atoms with Crippen LogP contribution in [0.2, 0.25) is 0 Å². The van der Waals surface area contributed by atoms with Crippen LogP contribution in [0.3, 0.4) is 0 Å². The zero-order chi connectivity index (χ0) is 30.0. The Morgan fingerprint density at radius 2 is 1.64 bits per heavy atom. The van der Waals surface area contributed by atoms with Crippen LogP contribution in [-0.2, 0) is 25.4 Å². The van der Waals surface area contributed by atoms with Gasteiger partial charge in [0, 0.05) is 30.2 Å². The molecule has 5 rings (SSSR count). The Hall–Kier alpha value is -4.33. The fourth-order valence-electron chi connectivity index (χ4n) is 4.85. The molecule has 0 aliphatic carbocycles. The van der Waals surface area contributed by atoms with Crippen molar-refractivity contribution in [3.63, 3.8) is 0 Å². The van der Waals surface area contributed by atoms with E-state index in [9.17, 15) is 40.5 Å². The van der Waals surface area contributed by atoms with Crippen molar-refractivity contribution in [2.75, 3.05) is 6.61 Å². The van der Waals surface area contributed by atoms with E-state index in [2.05, 4.69) is 0 Å². The molecule has 7 unspecified atom stereocenters. The Labute approximate surface area is 239 Å². The minimum Gasteiger partial charge on any atom is -0.508 e. The van der Waals surface area contributed by atoms with E-state index in [0.717, 1.165) is 11.6 Å². The van der Waals surface area contributed by atoms with E-state index in [0.29, 0.717) is 5.56 Å². The van der Waals surface area contributed by atoms with Gasteiger partial charge in [-0.25, -0.2) is 4.79 Å². The van der Waals surface area contributed by atoms with Crippen molar-refractivity contribution in [2.24, 2.45) is 0 Å². The molecule has 42 heavy (non-hydrogen) atoms. The molecular formula is C30H30O12. The molecule has 0 aromatic heterocycles. The summed E-state index contributed by atoms with van der Waals surface area (Å²) in [6.45, 7) is -0.470. The number of esters is 1. The summed E-state index contributed by atoms with van der Waals surface area (Å²) < 4.78 is 23.0. The lowest BCUT2D eigenvalue weighted by Gasteiger charge is -2.43. The maximum Gasteiger partial charge on any atom is 0.330 e. The Balaban J connectivity index is 1.34. The van der Waals surface area contributed by atoms with Gasteiger partial charge in [-0.05, 0) is 29.3 Å². The molecule has 2 aliphatic heterocycles. The van der Waals surface area contributed by atoms with Gasteiger partial charge in [0.05, 0.1) is 0 Å². The lowest BCUT2D eigenvalue weighted by molar-refractivity contribution is -0.317. The van der Waals surface area contributed by atoms with Gasteiger partial charge < -0.3 is 54.7 Å². The molecule has 1 saturated heterocycles. The molecule has 1 fully saturated rings. The molecule has 7 atom stereocenters. The third-order valence-corrected chi connectivity index (χ3v) is 7.07. The number of ether oxygens (including phenoxy) is 4. The summed E-state index contributed by atoms with van der Waals surface area (Å²) in [5.41, 5.74) is 1.38. The van der Waals surface area contributed by atoms with E-state index in [1.54, 1.807) is 30.3 Å². The van der Waals surface area contributed by atoms with Crippen LogP contribution in [0.1, 0.15) is 22.8 Å². The number of rotatable bonds is 7. The average molecular weight is 583 g/mol. The molecular weight excluding hydrogens is 552 g/mol. The standard InChI is InChI=1S/C30H30O12/c31-17-11-20(33)18-13-23(29(40-22(18)12-17)16-7-8-19(32)21(34)10-16)41-30-28(38)27(37)26(36)24(42-30)14-39-25(35)9-6-15-4-2-1-3-5-15/h1-12,23-24,26-34,36-38H,13-14H2. The van der Waals surface area contributed by atoms with Crippen molar-refractivity contribution in [1.82, 2.24) is 0 Å². The maximum atomic E-state index is 12.2. The van der Waals surface area contributed by atoms with Crippen molar-refractivity contribution in [3.8, 4) is 28.7 Å². The Morgan fingerprint density at radius 1 is 0.881 bits per heavy atom. The summed E-state index contributed by atoms with van der Waals surface area (Å²) >= 11 is 0. The average Bonchev–Trinajstić information content (AvgIpc) is 2.97. The highest BCUT2D eigenvalue weighted by molar-refractivity contribution is 5.87. The zero-order valence-electron chi connectivity index (χ0n) is 22.1. The second kappa shape index (κ2) is 12.3. The van der Waals surface area contributed by atoms with Gasteiger partial charge in [-0.1, -0.05) is 36.4 Å². The normalized spacial score (nSPS) is 27.3. The second-order valence-electron chi connectivity index (χ2n) is 10.00. The lowest BCUT2D eigenvalue weighted by Crippen LogP contribution is -2.60. The number of hydrogen-bond acceptors (Lipinski definition) is 12. The molecule has 0 spiro atoms. The minimum absolute atomic E-state index is 0.0249. The van der Waals surface area contributed by atoms with Crippen LogP contribution >= 0.6 is 0 Å². The number of hydrogen-bond donors (Lipinski definition) is 7. The smallest absolute Gasteiger partial charge is 0.330 e. The number of carbonyl (C=O) groups excluding carboxylic acids is 1. The molecule has 0 radical (unpaired) electrons. The molecule has 2 aliphatic rings. The molecule has 0 bridgehead atoms. The number of fused-ring (bicyclic) bond motifs is 1. The van der Waals surface area contributed by atoms with Gasteiger partial charge in [0.25, 0.3) is 0 Å². The number of aliphatic hydroxyl groups is 3. The van der Waals surface area contributed by atoms with Gasteiger partial charge in [0.1, 0.15) is 54.4 Å². The largest absolute Gasteiger partial charge is 0.508 e. The van der Waals surface area contributed by atoms with E-state index >= 15 is 0 Å². The fourth-order valence-corrected chi connectivity index (χ4v) is 4.85. The third kappa shape index (κ3) is 6.27. The van der Waals surface area contributed by atoms with Crippen molar-refractivity contribution in [1.29, 1.82) is 0 Å². The van der Waals surface area contributed by atoms with Crippen LogP contribution in [0, 0.1) is 0 Å². The molecule has 12 heteroatoms. The number of benzene rings is 3. The number of aromatic hydroxyl groups is 4. The summed E-state index contributed by atoms with van der Waals surface area (Å²) in [5, 5.41) is 71.9. The first-order valence-electron chi connectivity index (χ1n) is 13.1. The molecule has 7 N–H and O–H groups in total. The molecule has 3 aromatic rings. The first-order valence-corrected chi connectivity index (χ1v) is 13.1. The predicted octanol–water partition coefficient (Wildman–Crippen LogP) is 1.63. The third-order valence-electron chi connectivity index (χ3n) is 7.07. The highest BCUT2D eigenvalue weighted by Gasteiger charge is 2.47. The van der Waals surface area contributed by atoms with Gasteiger partial charge in [-0.3, -0.25) is 0 Å². The maximum absolute atomic E-state index is 12.2. The Kier molecular flexibility index (Phi) is 8.52. The number of phenolic OH excluding ortho intramolecular Hbond substituents is 4. The van der Waals surface area contributed by atoms with Crippen LogP contribution in [0.5, 0.6) is 28.7 Å². The molecule has 2 heterocycles. The van der Waals surface area contributed by atoms with E-state index in [4.69, 9.17) is 18.9 Å². The SMILES string of the molecule is O=C(C=Cc1ccccc1)OCC1OC(OC2Cc3c(O)cc(O)cc3OC2c2ccc(O)c(O)c2)C(O)C(O)C1O. The predicted molar refractivity (Wildman–Crippen MR) is 145 cm³/mol. The van der Waals surface area contributed by atoms with Crippen molar-refractivity contribution in [3.05, 3.63) is 83.4 Å². The Morgan fingerprint density at radius 3 is 2.38 bits per heavy atom. The quantitative estimate of drug-likeness (QED) is 0.121. The second-order valence-corrected chi connectivity index (χ2v) is 10.00. The first-order chi connectivity index (χ1) is 20.1. The van der Waals surface area contributed by atoms with E-state index < -0.39 is 61.2 Å². The van der Waals surface area contributed by atoms with Crippen LogP contribution in [0.25, 0.3) is 6.08 Å². The van der Waals surface area contributed by atoms with E-state index in [1.807, 2.05) is 6.07 Å². The van der Waals surface area contributed by atoms with E-state index in [1.165, 1.54) is 30.3 Å². The Bertz CT molecular complexity index is 1440. The summed E-state index contributed by atoms with van der Waals surface area (Å²) in [5.74, 6) is -1.93. The zero-order valence-corrected chi connectivity index (χ0v) is 22.1. The molecule has 222 valence electrons. The van der Waals surface area contributed by atoms with Crippen molar-refractivity contribution >= 4 is 12.0 Å².